The van der Waals surface area contributed by atoms with Gasteiger partial charge in [-0.1, -0.05) is 12.1 Å². The molecule has 0 bridgehead atoms. The van der Waals surface area contributed by atoms with E-state index >= 15 is 0 Å². The van der Waals surface area contributed by atoms with E-state index in [1.807, 2.05) is 0 Å². The number of rotatable bonds is 11. The van der Waals surface area contributed by atoms with Gasteiger partial charge in [0, 0.05) is 12.3 Å². The predicted octanol–water partition coefficient (Wildman–Crippen LogP) is 2.87. The summed E-state index contributed by atoms with van der Waals surface area (Å²) in [5.41, 5.74) is 0.983. The highest BCUT2D eigenvalue weighted by Gasteiger charge is 2.32. The zero-order valence-corrected chi connectivity index (χ0v) is 23.3. The van der Waals surface area contributed by atoms with E-state index in [1.54, 1.807) is 50.2 Å². The van der Waals surface area contributed by atoms with Crippen molar-refractivity contribution in [2.75, 3.05) is 26.1 Å². The summed E-state index contributed by atoms with van der Waals surface area (Å²) in [5, 5.41) is 17.8. The molecule has 208 valence electrons. The lowest BCUT2D eigenvalue weighted by Crippen LogP contribution is -2.36. The van der Waals surface area contributed by atoms with E-state index in [1.165, 1.54) is 39.0 Å². The van der Waals surface area contributed by atoms with Gasteiger partial charge in [0.15, 0.2) is 5.82 Å². The molecule has 13 nitrogen and oxygen atoms in total. The Bertz CT molecular complexity index is 1480. The summed E-state index contributed by atoms with van der Waals surface area (Å²) in [6.45, 7) is 7.92. The van der Waals surface area contributed by atoms with Gasteiger partial charge in [-0.05, 0) is 51.3 Å². The summed E-state index contributed by atoms with van der Waals surface area (Å²) in [4.78, 5) is 12.1. The monoisotopic (exact) mass is 557 g/mol. The molecule has 2 heterocycles. The molecule has 2 N–H and O–H groups in total. The van der Waals surface area contributed by atoms with Crippen LogP contribution in [0.4, 0.5) is 5.95 Å². The summed E-state index contributed by atoms with van der Waals surface area (Å²) >= 11 is 0. The number of nitrogens with zero attached hydrogens (tertiary/aromatic N) is 6. The number of aromatic nitrogens is 4. The number of aliphatic hydroxyl groups excluding tert-OH is 1. The number of ether oxygens (including phenoxy) is 3. The third-order valence-corrected chi connectivity index (χ3v) is 7.47. The summed E-state index contributed by atoms with van der Waals surface area (Å²) < 4.78 is 47.1. The number of nitrogens with one attached hydrogen (secondary N) is 1. The van der Waals surface area contributed by atoms with Crippen LogP contribution in [-0.2, 0) is 10.0 Å². The Morgan fingerprint density at radius 2 is 1.72 bits per heavy atom. The van der Waals surface area contributed by atoms with Crippen molar-refractivity contribution in [3.8, 4) is 34.6 Å². The molecule has 0 aliphatic carbocycles. The third kappa shape index (κ3) is 6.41. The van der Waals surface area contributed by atoms with E-state index in [0.717, 1.165) is 0 Å². The fourth-order valence-corrected chi connectivity index (χ4v) is 4.63. The first kappa shape index (κ1) is 29.3. The summed E-state index contributed by atoms with van der Waals surface area (Å²) in [6.07, 6.45) is -0.0457. The molecule has 0 unspecified atom stereocenters. The average Bonchev–Trinajstić information content (AvgIpc) is 3.36. The number of anilines is 1. The number of para-hydroxylation sites is 1. The molecule has 0 radical (unpaired) electrons. The van der Waals surface area contributed by atoms with Gasteiger partial charge in [-0.3, -0.25) is 9.29 Å². The zero-order chi connectivity index (χ0) is 28.7. The van der Waals surface area contributed by atoms with Crippen LogP contribution in [0.1, 0.15) is 20.8 Å². The fourth-order valence-electron chi connectivity index (χ4n) is 3.51. The van der Waals surface area contributed by atoms with E-state index < -0.39 is 21.4 Å². The second-order valence-electron chi connectivity index (χ2n) is 8.26. The number of aliphatic hydroxyl groups is 1. The van der Waals surface area contributed by atoms with Crippen molar-refractivity contribution in [2.24, 2.45) is 9.98 Å². The van der Waals surface area contributed by atoms with Crippen molar-refractivity contribution < 1.29 is 27.7 Å². The lowest BCUT2D eigenvalue weighted by atomic mass is 10.1. The van der Waals surface area contributed by atoms with E-state index in [-0.39, 0.29) is 11.8 Å². The number of pyridine rings is 1. The Labute approximate surface area is 227 Å². The number of sulfonamides is 1. The van der Waals surface area contributed by atoms with Gasteiger partial charge in [0.05, 0.1) is 27.4 Å². The van der Waals surface area contributed by atoms with Crippen LogP contribution in [0.5, 0.6) is 17.4 Å². The largest absolute Gasteiger partial charge is 0.494 e. The van der Waals surface area contributed by atoms with Gasteiger partial charge >= 0.3 is 0 Å². The molecule has 0 amide bonds. The second kappa shape index (κ2) is 12.5. The molecule has 39 heavy (non-hydrogen) atoms. The van der Waals surface area contributed by atoms with Gasteiger partial charge < -0.3 is 19.3 Å². The summed E-state index contributed by atoms with van der Waals surface area (Å²) in [7, 11) is 0.183. The number of amidine groups is 1. The summed E-state index contributed by atoms with van der Waals surface area (Å²) in [5.74, 6) is 1.40. The predicted molar refractivity (Wildman–Crippen MR) is 149 cm³/mol. The highest BCUT2D eigenvalue weighted by Crippen LogP contribution is 2.37. The Balaban J connectivity index is 2.15. The molecule has 0 spiro atoms. The van der Waals surface area contributed by atoms with Crippen LogP contribution in [-0.4, -0.2) is 78.5 Å². The second-order valence-corrected chi connectivity index (χ2v) is 10.3. The lowest BCUT2D eigenvalue weighted by molar-refractivity contribution is 0.208. The Hall–Kier alpha value is -4.30. The van der Waals surface area contributed by atoms with E-state index in [2.05, 4.69) is 36.6 Å². The van der Waals surface area contributed by atoms with Crippen LogP contribution in [0.25, 0.3) is 17.2 Å². The maximum atomic E-state index is 13.4. The highest BCUT2D eigenvalue weighted by molar-refractivity contribution is 7.93. The molecule has 3 rings (SSSR count). The van der Waals surface area contributed by atoms with Crippen LogP contribution in [0.3, 0.4) is 0 Å². The quantitative estimate of drug-likeness (QED) is 0.267. The molecule has 3 aromatic rings. The van der Waals surface area contributed by atoms with Crippen molar-refractivity contribution in [1.29, 1.82) is 0 Å². The van der Waals surface area contributed by atoms with Crippen LogP contribution in [0, 0.1) is 0 Å². The number of aliphatic imine (C=N–C) groups is 2. The summed E-state index contributed by atoms with van der Waals surface area (Å²) in [6, 6.07) is 10.1. The zero-order valence-electron chi connectivity index (χ0n) is 22.5. The first-order chi connectivity index (χ1) is 18.6. The molecular weight excluding hydrogens is 526 g/mol. The maximum absolute atomic E-state index is 13.4. The fraction of sp³-hybridized carbons (Fsp3) is 0.320. The SMILES string of the molecule is C=N/C(C)=N\C=C(/C)[C@H](O)[C@@H](C)S(=O)(=O)Nc1nnc(-c2cccc(OC)n2)n1-c1c(OC)cccc1OC. The Morgan fingerprint density at radius 3 is 2.31 bits per heavy atom. The number of methoxy groups -OCH3 is 3. The van der Waals surface area contributed by atoms with Gasteiger partial charge in [-0.2, -0.15) is 0 Å². The molecule has 0 saturated heterocycles. The van der Waals surface area contributed by atoms with Crippen molar-refractivity contribution in [3.63, 3.8) is 0 Å². The number of hydrogen-bond acceptors (Lipinski definition) is 10. The molecule has 0 aliphatic rings. The van der Waals surface area contributed by atoms with Crippen LogP contribution in [0.2, 0.25) is 0 Å². The standard InChI is InChI=1S/C25H31N7O6S/c1-15(14-27-17(3)26-4)23(33)16(2)39(34,35)31-25-30-29-24(18-10-8-13-21(28-18)38-7)32(25)22-19(36-5)11-9-12-20(22)37-6/h8-14,16,23,33H,4H2,1-3,5-7H3,(H,30,31)/b15-14+,27-17-/t16-,23+/m1/s1. The average molecular weight is 558 g/mol. The minimum Gasteiger partial charge on any atom is -0.494 e. The van der Waals surface area contributed by atoms with Gasteiger partial charge in [-0.25, -0.2) is 23.4 Å². The van der Waals surface area contributed by atoms with Gasteiger partial charge in [0.2, 0.25) is 21.9 Å². The molecular formula is C25H31N7O6S. The topological polar surface area (TPSA) is 162 Å². The molecule has 2 aromatic heterocycles. The van der Waals surface area contributed by atoms with Crippen molar-refractivity contribution in [2.45, 2.75) is 32.1 Å². The maximum Gasteiger partial charge on any atom is 0.243 e. The van der Waals surface area contributed by atoms with Crippen molar-refractivity contribution in [1.82, 2.24) is 19.7 Å². The minimum absolute atomic E-state index is 0.178. The van der Waals surface area contributed by atoms with Gasteiger partial charge in [-0.15, -0.1) is 10.2 Å². The molecule has 2 atom stereocenters. The van der Waals surface area contributed by atoms with Crippen molar-refractivity contribution in [3.05, 3.63) is 48.2 Å². The Morgan fingerprint density at radius 1 is 1.08 bits per heavy atom. The first-order valence-electron chi connectivity index (χ1n) is 11.6. The normalized spacial score (nSPS) is 13.9. The lowest BCUT2D eigenvalue weighted by Gasteiger charge is -2.21. The van der Waals surface area contributed by atoms with E-state index in [9.17, 15) is 13.5 Å². The molecule has 0 fully saturated rings. The molecule has 1 aromatic carbocycles. The smallest absolute Gasteiger partial charge is 0.243 e. The third-order valence-electron chi connectivity index (χ3n) is 5.77. The van der Waals surface area contributed by atoms with E-state index in [4.69, 9.17) is 14.2 Å². The van der Waals surface area contributed by atoms with E-state index in [0.29, 0.717) is 40.2 Å². The Kier molecular flexibility index (Phi) is 9.37. The molecule has 0 aliphatic heterocycles. The number of hydrogen-bond donors (Lipinski definition) is 2. The molecule has 0 saturated carbocycles. The van der Waals surface area contributed by atoms with Gasteiger partial charge in [0.1, 0.15) is 34.0 Å². The van der Waals surface area contributed by atoms with Crippen LogP contribution >= 0.6 is 0 Å². The van der Waals surface area contributed by atoms with Crippen LogP contribution in [0.15, 0.2) is 58.2 Å². The van der Waals surface area contributed by atoms with Crippen LogP contribution < -0.4 is 18.9 Å². The molecule has 14 heteroatoms. The van der Waals surface area contributed by atoms with Gasteiger partial charge in [0.25, 0.3) is 0 Å². The first-order valence-corrected chi connectivity index (χ1v) is 13.2. The van der Waals surface area contributed by atoms with Crippen molar-refractivity contribution >= 4 is 28.5 Å². The number of benzene rings is 1. The minimum atomic E-state index is -4.23. The highest BCUT2D eigenvalue weighted by atomic mass is 32.2.